The predicted molar refractivity (Wildman–Crippen MR) is 111 cm³/mol. The summed E-state index contributed by atoms with van der Waals surface area (Å²) in [6.07, 6.45) is 1.73. The quantitative estimate of drug-likeness (QED) is 0.270. The molecule has 1 unspecified atom stereocenters. The molecule has 0 aliphatic heterocycles. The van der Waals surface area contributed by atoms with E-state index in [1.165, 1.54) is 6.08 Å². The molecular weight excluding hydrogens is 363 g/mol. The van der Waals surface area contributed by atoms with Gasteiger partial charge in [0, 0.05) is 12.6 Å². The Labute approximate surface area is 169 Å². The summed E-state index contributed by atoms with van der Waals surface area (Å²) in [7, 11) is 0. The molecule has 28 heavy (non-hydrogen) atoms. The minimum absolute atomic E-state index is 0.0368. The summed E-state index contributed by atoms with van der Waals surface area (Å²) in [6, 6.07) is 0.0779. The minimum atomic E-state index is -4.44. The summed E-state index contributed by atoms with van der Waals surface area (Å²) in [5.41, 5.74) is 0.420. The van der Waals surface area contributed by atoms with Crippen LogP contribution in [0, 0.1) is 17.8 Å². The second kappa shape index (κ2) is 11.1. The Kier molecular flexibility index (Phi) is 9.82. The first-order valence-corrected chi connectivity index (χ1v) is 10.5. The van der Waals surface area contributed by atoms with Gasteiger partial charge in [0.05, 0.1) is 17.9 Å². The molecule has 0 bridgehead atoms. The summed E-state index contributed by atoms with van der Waals surface area (Å²) in [4.78, 5) is 1.76. The molecule has 1 aliphatic carbocycles. The van der Waals surface area contributed by atoms with E-state index in [1.54, 1.807) is 11.1 Å². The van der Waals surface area contributed by atoms with Crippen LogP contribution >= 0.6 is 0 Å². The fourth-order valence-electron chi connectivity index (χ4n) is 3.50. The van der Waals surface area contributed by atoms with Crippen molar-refractivity contribution >= 4 is 0 Å². The average molecular weight is 402 g/mol. The Morgan fingerprint density at radius 2 is 1.86 bits per heavy atom. The van der Waals surface area contributed by atoms with Gasteiger partial charge in [-0.15, -0.1) is 0 Å². The zero-order chi connectivity index (χ0) is 21.5. The number of alkyl halides is 3. The molecule has 0 saturated heterocycles. The molecular formula is C23H38F3NO. The third-order valence-electron chi connectivity index (χ3n) is 5.73. The summed E-state index contributed by atoms with van der Waals surface area (Å²) in [5, 5.41) is 0. The van der Waals surface area contributed by atoms with Gasteiger partial charge in [-0.1, -0.05) is 41.2 Å². The maximum absolute atomic E-state index is 14.1. The van der Waals surface area contributed by atoms with Gasteiger partial charge < -0.3 is 9.64 Å². The maximum atomic E-state index is 14.1. The van der Waals surface area contributed by atoms with E-state index < -0.39 is 11.7 Å². The van der Waals surface area contributed by atoms with E-state index in [9.17, 15) is 13.2 Å². The van der Waals surface area contributed by atoms with Crippen LogP contribution in [-0.4, -0.2) is 30.3 Å². The van der Waals surface area contributed by atoms with Crippen LogP contribution in [0.5, 0.6) is 0 Å². The molecule has 1 saturated carbocycles. The number of ether oxygens (including phenoxy) is 1. The van der Waals surface area contributed by atoms with Crippen molar-refractivity contribution in [3.8, 4) is 0 Å². The summed E-state index contributed by atoms with van der Waals surface area (Å²) in [6.45, 7) is 16.3. The lowest BCUT2D eigenvalue weighted by Gasteiger charge is -2.44. The highest BCUT2D eigenvalue weighted by molar-refractivity contribution is 5.40. The van der Waals surface area contributed by atoms with Crippen molar-refractivity contribution in [3.05, 3.63) is 35.7 Å². The highest BCUT2D eigenvalue weighted by atomic mass is 19.4. The van der Waals surface area contributed by atoms with Gasteiger partial charge in [0.1, 0.15) is 0 Å². The number of allylic oxidation sites excluding steroid dienone is 2. The molecule has 0 spiro atoms. The third-order valence-corrected chi connectivity index (χ3v) is 5.73. The second-order valence-electron chi connectivity index (χ2n) is 8.53. The smallest absolute Gasteiger partial charge is 0.377 e. The van der Waals surface area contributed by atoms with Crippen LogP contribution in [-0.2, 0) is 4.74 Å². The number of hydrogen-bond donors (Lipinski definition) is 0. The Morgan fingerprint density at radius 3 is 2.29 bits per heavy atom. The molecule has 5 heteroatoms. The molecule has 1 rings (SSSR count). The molecule has 1 aliphatic rings. The van der Waals surface area contributed by atoms with Crippen LogP contribution in [0.2, 0.25) is 0 Å². The molecule has 0 aromatic rings. The van der Waals surface area contributed by atoms with E-state index in [4.69, 9.17) is 4.74 Å². The van der Waals surface area contributed by atoms with Crippen molar-refractivity contribution in [3.63, 3.8) is 0 Å². The van der Waals surface area contributed by atoms with Crippen LogP contribution in [0.1, 0.15) is 67.2 Å². The second-order valence-corrected chi connectivity index (χ2v) is 8.53. The van der Waals surface area contributed by atoms with Gasteiger partial charge in [-0.2, -0.15) is 13.2 Å². The molecule has 0 aromatic heterocycles. The maximum Gasteiger partial charge on any atom is 0.418 e. The zero-order valence-corrected chi connectivity index (χ0v) is 18.4. The Morgan fingerprint density at radius 1 is 1.25 bits per heavy atom. The fraction of sp³-hybridized carbons (Fsp3) is 0.739. The first kappa shape index (κ1) is 24.8. The van der Waals surface area contributed by atoms with Crippen molar-refractivity contribution in [2.75, 3.05) is 13.2 Å². The molecule has 0 amide bonds. The lowest BCUT2D eigenvalue weighted by molar-refractivity contribution is -0.0926. The van der Waals surface area contributed by atoms with Gasteiger partial charge >= 0.3 is 6.18 Å². The van der Waals surface area contributed by atoms with Crippen LogP contribution in [0.25, 0.3) is 0 Å². The monoisotopic (exact) mass is 401 g/mol. The van der Waals surface area contributed by atoms with E-state index in [-0.39, 0.29) is 24.3 Å². The SMILES string of the molecule is C=CN(C(=C(/C)C(C)CC)/C(=C\COCCC(C)C)C(F)(F)F)C1CC(C)C1. The molecule has 0 N–H and O–H groups in total. The van der Waals surface area contributed by atoms with Crippen molar-refractivity contribution in [2.45, 2.75) is 79.4 Å². The number of nitrogens with zero attached hydrogens (tertiary/aromatic N) is 1. The summed E-state index contributed by atoms with van der Waals surface area (Å²) in [5.74, 6) is 1.06. The lowest BCUT2D eigenvalue weighted by Crippen LogP contribution is -2.42. The zero-order valence-electron chi connectivity index (χ0n) is 18.4. The number of rotatable bonds is 11. The largest absolute Gasteiger partial charge is 0.418 e. The number of halogens is 3. The van der Waals surface area contributed by atoms with Crippen LogP contribution < -0.4 is 0 Å². The van der Waals surface area contributed by atoms with E-state index in [2.05, 4.69) is 27.4 Å². The topological polar surface area (TPSA) is 12.5 Å². The molecule has 0 heterocycles. The van der Waals surface area contributed by atoms with Crippen molar-refractivity contribution in [1.82, 2.24) is 4.90 Å². The van der Waals surface area contributed by atoms with Crippen LogP contribution in [0.3, 0.4) is 0 Å². The standard InChI is InChI=1S/C23H38F3NO/c1-8-18(6)19(7)22(27(9-2)20-14-17(5)15-20)21(23(24,25)26)11-13-28-12-10-16(3)4/h9,11,16-18,20H,2,8,10,12-15H2,1,3-7H3/b21-11+,22-19-. The summed E-state index contributed by atoms with van der Waals surface area (Å²) >= 11 is 0. The van der Waals surface area contributed by atoms with Gasteiger partial charge in [-0.05, 0) is 68.2 Å². The van der Waals surface area contributed by atoms with E-state index in [1.807, 2.05) is 20.8 Å². The molecule has 2 nitrogen and oxygen atoms in total. The molecule has 1 fully saturated rings. The number of hydrogen-bond acceptors (Lipinski definition) is 2. The molecule has 0 aromatic carbocycles. The lowest BCUT2D eigenvalue weighted by atomic mass is 9.80. The van der Waals surface area contributed by atoms with Gasteiger partial charge in [0.2, 0.25) is 0 Å². The van der Waals surface area contributed by atoms with Crippen molar-refractivity contribution < 1.29 is 17.9 Å². The van der Waals surface area contributed by atoms with E-state index in [0.29, 0.717) is 18.4 Å². The Hall–Kier alpha value is -1.23. The molecule has 1 atom stereocenters. The van der Waals surface area contributed by atoms with E-state index >= 15 is 0 Å². The van der Waals surface area contributed by atoms with E-state index in [0.717, 1.165) is 31.3 Å². The van der Waals surface area contributed by atoms with Crippen molar-refractivity contribution in [1.29, 1.82) is 0 Å². The summed E-state index contributed by atoms with van der Waals surface area (Å²) < 4.78 is 47.7. The Balaban J connectivity index is 3.25. The van der Waals surface area contributed by atoms with Gasteiger partial charge in [-0.25, -0.2) is 0 Å². The van der Waals surface area contributed by atoms with Gasteiger partial charge in [0.15, 0.2) is 0 Å². The van der Waals surface area contributed by atoms with Gasteiger partial charge in [-0.3, -0.25) is 0 Å². The van der Waals surface area contributed by atoms with Crippen molar-refractivity contribution in [2.24, 2.45) is 17.8 Å². The third kappa shape index (κ3) is 6.98. The first-order valence-electron chi connectivity index (χ1n) is 10.5. The highest BCUT2D eigenvalue weighted by Gasteiger charge is 2.41. The fourth-order valence-corrected chi connectivity index (χ4v) is 3.50. The first-order chi connectivity index (χ1) is 13.0. The highest BCUT2D eigenvalue weighted by Crippen LogP contribution is 2.41. The average Bonchev–Trinajstić information content (AvgIpc) is 2.58. The van der Waals surface area contributed by atoms with Crippen LogP contribution in [0.4, 0.5) is 13.2 Å². The predicted octanol–water partition coefficient (Wildman–Crippen LogP) is 7.10. The Bertz CT molecular complexity index is 557. The normalized spacial score (nSPS) is 22.6. The minimum Gasteiger partial charge on any atom is -0.377 e. The van der Waals surface area contributed by atoms with Gasteiger partial charge in [0.25, 0.3) is 0 Å². The molecule has 162 valence electrons. The molecule has 0 radical (unpaired) electrons. The van der Waals surface area contributed by atoms with Crippen LogP contribution in [0.15, 0.2) is 35.7 Å².